The van der Waals surface area contributed by atoms with Crippen LogP contribution in [0.25, 0.3) is 0 Å². The van der Waals surface area contributed by atoms with E-state index in [1.807, 2.05) is 0 Å². The summed E-state index contributed by atoms with van der Waals surface area (Å²) < 4.78 is 0. The Bertz CT molecular complexity index is 1530. The lowest BCUT2D eigenvalue weighted by molar-refractivity contribution is -0.141. The van der Waals surface area contributed by atoms with Crippen LogP contribution < -0.4 is 60.2 Å². The number of primary amides is 3. The zero-order valence-electron chi connectivity index (χ0n) is 34.5. The van der Waals surface area contributed by atoms with E-state index in [0.717, 1.165) is 13.8 Å². The largest absolute Gasteiger partial charge is 0.481 e. The van der Waals surface area contributed by atoms with Gasteiger partial charge >= 0.3 is 5.97 Å². The molecule has 0 bridgehead atoms. The van der Waals surface area contributed by atoms with Crippen molar-refractivity contribution in [3.63, 3.8) is 0 Å². The molecule has 0 saturated heterocycles. The summed E-state index contributed by atoms with van der Waals surface area (Å²) in [5.41, 5.74) is 21.6. The van der Waals surface area contributed by atoms with Crippen LogP contribution in [-0.2, 0) is 52.7 Å². The molecule has 0 aromatic heterocycles. The number of carboxylic acids is 1. The summed E-state index contributed by atoms with van der Waals surface area (Å²) in [5.74, 6) is -11.2. The molecule has 16 N–H and O–H groups in total. The summed E-state index contributed by atoms with van der Waals surface area (Å²) >= 11 is 0. The third-order valence-electron chi connectivity index (χ3n) is 8.91. The van der Waals surface area contributed by atoms with Crippen LogP contribution in [0.15, 0.2) is 0 Å². The fraction of sp³-hybridized carbons (Fsp3) is 0.694. The van der Waals surface area contributed by atoms with Crippen molar-refractivity contribution in [1.82, 2.24) is 37.2 Å². The van der Waals surface area contributed by atoms with Crippen molar-refractivity contribution in [3.05, 3.63) is 0 Å². The summed E-state index contributed by atoms with van der Waals surface area (Å²) in [5, 5.41) is 26.0. The fourth-order valence-corrected chi connectivity index (χ4v) is 5.54. The number of rotatable bonds is 29. The fourth-order valence-electron chi connectivity index (χ4n) is 5.54. The first kappa shape index (κ1) is 53.1. The molecule has 0 aliphatic carbocycles. The average molecular weight is 842 g/mol. The maximum atomic E-state index is 13.6. The smallest absolute Gasteiger partial charge is 0.305 e. The number of carbonyl (C=O) groups excluding carboxylic acids is 10. The van der Waals surface area contributed by atoms with Gasteiger partial charge in [-0.05, 0) is 57.4 Å². The van der Waals surface area contributed by atoms with Gasteiger partial charge in [0, 0.05) is 13.3 Å². The van der Waals surface area contributed by atoms with Crippen LogP contribution in [0.1, 0.15) is 99.3 Å². The summed E-state index contributed by atoms with van der Waals surface area (Å²) in [6, 6.07) is -10.0. The Morgan fingerprint density at radius 3 is 1.49 bits per heavy atom. The Morgan fingerprint density at radius 1 is 0.559 bits per heavy atom. The van der Waals surface area contributed by atoms with Gasteiger partial charge in [0.1, 0.15) is 42.3 Å². The van der Waals surface area contributed by atoms with E-state index in [4.69, 9.17) is 22.9 Å². The zero-order chi connectivity index (χ0) is 45.6. The highest BCUT2D eigenvalue weighted by Gasteiger charge is 2.35. The van der Waals surface area contributed by atoms with Gasteiger partial charge in [0.25, 0.3) is 0 Å². The lowest BCUT2D eigenvalue weighted by atomic mass is 9.97. The van der Waals surface area contributed by atoms with Crippen molar-refractivity contribution >= 4 is 65.0 Å². The Balaban J connectivity index is 6.22. The van der Waals surface area contributed by atoms with E-state index in [1.54, 1.807) is 27.7 Å². The van der Waals surface area contributed by atoms with E-state index in [9.17, 15) is 57.8 Å². The van der Waals surface area contributed by atoms with Crippen LogP contribution in [0, 0.1) is 11.8 Å². The van der Waals surface area contributed by atoms with Crippen molar-refractivity contribution in [2.75, 3.05) is 6.54 Å². The molecule has 10 amide bonds. The second-order valence-corrected chi connectivity index (χ2v) is 14.7. The SMILES string of the molecule is CC[C@H](C)[C@H](NC(=O)[C@H](CC(C)C)NC(=O)[C@H](CC(N)=O)NC(=O)[C@H](CCC(N)=O)NC(=O)[C@H](C)NC(=O)[C@H](CC(=O)O)NC(=O)[C@H](CCCCN)NC(C)=O)C(N)=O. The predicted octanol–water partition coefficient (Wildman–Crippen LogP) is -4.26. The topological polar surface area (TPSA) is 396 Å². The van der Waals surface area contributed by atoms with Crippen molar-refractivity contribution in [2.45, 2.75) is 142 Å². The molecule has 0 radical (unpaired) electrons. The number of hydrogen-bond acceptors (Lipinski definition) is 12. The minimum atomic E-state index is -1.72. The van der Waals surface area contributed by atoms with Crippen LogP contribution in [0.2, 0.25) is 0 Å². The molecule has 23 heteroatoms. The molecule has 0 aromatic carbocycles. The lowest BCUT2D eigenvalue weighted by Gasteiger charge is -2.28. The number of hydrogen-bond donors (Lipinski definition) is 12. The Kier molecular flexibility index (Phi) is 24.3. The molecular formula is C36H63N11O12. The minimum absolute atomic E-state index is 0.0589. The normalized spacial score (nSPS) is 15.0. The van der Waals surface area contributed by atoms with Crippen LogP contribution in [0.4, 0.5) is 0 Å². The lowest BCUT2D eigenvalue weighted by Crippen LogP contribution is -2.60. The molecule has 0 aliphatic rings. The summed E-state index contributed by atoms with van der Waals surface area (Å²) in [6.07, 6.45) is -0.984. The third-order valence-corrected chi connectivity index (χ3v) is 8.91. The van der Waals surface area contributed by atoms with E-state index in [0.29, 0.717) is 25.8 Å². The number of nitrogens with one attached hydrogen (secondary N) is 7. The number of carbonyl (C=O) groups is 11. The van der Waals surface area contributed by atoms with Crippen LogP contribution in [-0.4, -0.2) is 119 Å². The number of amides is 10. The highest BCUT2D eigenvalue weighted by Crippen LogP contribution is 2.11. The molecule has 8 atom stereocenters. The van der Waals surface area contributed by atoms with E-state index in [1.165, 1.54) is 0 Å². The van der Waals surface area contributed by atoms with Gasteiger partial charge in [0.2, 0.25) is 59.1 Å². The summed E-state index contributed by atoms with van der Waals surface area (Å²) in [6.45, 7) is 9.62. The van der Waals surface area contributed by atoms with Gasteiger partial charge in [-0.15, -0.1) is 0 Å². The third kappa shape index (κ3) is 21.5. The van der Waals surface area contributed by atoms with E-state index in [-0.39, 0.29) is 24.7 Å². The molecule has 0 aromatic rings. The highest BCUT2D eigenvalue weighted by molar-refractivity contribution is 5.99. The number of aliphatic carboxylic acids is 1. The Morgan fingerprint density at radius 2 is 1.03 bits per heavy atom. The van der Waals surface area contributed by atoms with Crippen LogP contribution in [0.5, 0.6) is 0 Å². The molecule has 0 heterocycles. The minimum Gasteiger partial charge on any atom is -0.481 e. The van der Waals surface area contributed by atoms with Gasteiger partial charge in [-0.3, -0.25) is 52.7 Å². The predicted molar refractivity (Wildman–Crippen MR) is 210 cm³/mol. The molecule has 334 valence electrons. The quantitative estimate of drug-likeness (QED) is 0.0318. The first-order valence-corrected chi connectivity index (χ1v) is 19.3. The van der Waals surface area contributed by atoms with Gasteiger partial charge < -0.3 is 65.3 Å². The molecule has 0 fully saturated rings. The first-order chi connectivity index (χ1) is 27.4. The van der Waals surface area contributed by atoms with Gasteiger partial charge in [-0.2, -0.15) is 0 Å². The standard InChI is InChI=1S/C36H63N11O12/c1-7-18(4)29(30(40)53)47-36(59)23(14-17(2)3)44-35(58)24(15-27(39)50)45-33(56)22(11-12-26(38)49)43-31(54)19(5)41-34(57)25(16-28(51)52)46-32(55)21(42-20(6)48)10-8-9-13-37/h17-19,21-25,29H,7-16,37H2,1-6H3,(H2,38,49)(H2,39,50)(H2,40,53)(H,41,57)(H,42,48)(H,43,54)(H,44,58)(H,45,56)(H,46,55)(H,47,59)(H,51,52)/t18-,19-,21-,22-,23-,24-,25-,29-/m0/s1. The van der Waals surface area contributed by atoms with Crippen molar-refractivity contribution in [3.8, 4) is 0 Å². The Hall–Kier alpha value is -5.87. The second kappa shape index (κ2) is 26.9. The molecule has 0 aliphatic heterocycles. The van der Waals surface area contributed by atoms with E-state index < -0.39 is 133 Å². The highest BCUT2D eigenvalue weighted by atomic mass is 16.4. The number of unbranched alkanes of at least 4 members (excludes halogenated alkanes) is 1. The molecular weight excluding hydrogens is 778 g/mol. The van der Waals surface area contributed by atoms with Crippen LogP contribution in [0.3, 0.4) is 0 Å². The molecule has 0 unspecified atom stereocenters. The summed E-state index contributed by atoms with van der Waals surface area (Å²) in [7, 11) is 0. The first-order valence-electron chi connectivity index (χ1n) is 19.3. The van der Waals surface area contributed by atoms with Gasteiger partial charge in [0.05, 0.1) is 12.8 Å². The van der Waals surface area contributed by atoms with Crippen molar-refractivity contribution in [1.29, 1.82) is 0 Å². The van der Waals surface area contributed by atoms with Crippen molar-refractivity contribution < 1.29 is 57.8 Å². The average Bonchev–Trinajstić information content (AvgIpc) is 3.12. The molecule has 0 saturated carbocycles. The maximum Gasteiger partial charge on any atom is 0.305 e. The molecule has 0 spiro atoms. The van der Waals surface area contributed by atoms with Crippen molar-refractivity contribution in [2.24, 2.45) is 34.8 Å². The van der Waals surface area contributed by atoms with E-state index in [2.05, 4.69) is 37.2 Å². The maximum absolute atomic E-state index is 13.6. The van der Waals surface area contributed by atoms with Crippen LogP contribution >= 0.6 is 0 Å². The molecule has 59 heavy (non-hydrogen) atoms. The zero-order valence-corrected chi connectivity index (χ0v) is 34.5. The monoisotopic (exact) mass is 841 g/mol. The van der Waals surface area contributed by atoms with Gasteiger partial charge in [-0.25, -0.2) is 0 Å². The van der Waals surface area contributed by atoms with Gasteiger partial charge in [0.15, 0.2) is 0 Å². The van der Waals surface area contributed by atoms with E-state index >= 15 is 0 Å². The molecule has 23 nitrogen and oxygen atoms in total. The van der Waals surface area contributed by atoms with Gasteiger partial charge in [-0.1, -0.05) is 34.1 Å². The summed E-state index contributed by atoms with van der Waals surface area (Å²) in [4.78, 5) is 139. The number of nitrogens with two attached hydrogens (primary N) is 4. The number of carboxylic acid groups (broad SMARTS) is 1. The Labute approximate surface area is 342 Å². The molecule has 0 rings (SSSR count). The second-order valence-electron chi connectivity index (χ2n) is 14.7.